The summed E-state index contributed by atoms with van der Waals surface area (Å²) in [5.74, 6) is -0.0777. The Labute approximate surface area is 126 Å². The SMILES string of the molecule is O=S(=O)(N[C@H]1CCCn2ncnc21)c1ccc(F)c(Cl)c1. The minimum absolute atomic E-state index is 0.0782. The van der Waals surface area contributed by atoms with Gasteiger partial charge in [0, 0.05) is 6.54 Å². The predicted molar refractivity (Wildman–Crippen MR) is 73.7 cm³/mol. The van der Waals surface area contributed by atoms with E-state index in [0.717, 1.165) is 25.1 Å². The van der Waals surface area contributed by atoms with E-state index in [1.807, 2.05) is 0 Å². The third kappa shape index (κ3) is 2.78. The summed E-state index contributed by atoms with van der Waals surface area (Å²) in [6, 6.07) is 2.85. The number of hydrogen-bond acceptors (Lipinski definition) is 4. The fraction of sp³-hybridized carbons (Fsp3) is 0.333. The minimum atomic E-state index is -3.80. The molecule has 0 aliphatic carbocycles. The molecule has 0 fully saturated rings. The second-order valence-corrected chi connectivity index (χ2v) is 6.85. The number of sulfonamides is 1. The fourth-order valence-corrected chi connectivity index (χ4v) is 3.80. The number of nitrogens with zero attached hydrogens (tertiary/aromatic N) is 3. The van der Waals surface area contributed by atoms with Crippen molar-refractivity contribution in [3.63, 3.8) is 0 Å². The molecule has 0 saturated heterocycles. The highest BCUT2D eigenvalue weighted by atomic mass is 35.5. The Morgan fingerprint density at radius 2 is 2.24 bits per heavy atom. The fourth-order valence-electron chi connectivity index (χ4n) is 2.30. The van der Waals surface area contributed by atoms with Crippen LogP contribution in [-0.2, 0) is 16.6 Å². The van der Waals surface area contributed by atoms with Gasteiger partial charge >= 0.3 is 0 Å². The third-order valence-electron chi connectivity index (χ3n) is 3.32. The molecule has 3 rings (SSSR count). The first-order valence-electron chi connectivity index (χ1n) is 6.32. The highest BCUT2D eigenvalue weighted by molar-refractivity contribution is 7.89. The average molecular weight is 331 g/mol. The Morgan fingerprint density at radius 1 is 1.43 bits per heavy atom. The van der Waals surface area contributed by atoms with Crippen LogP contribution in [0.5, 0.6) is 0 Å². The van der Waals surface area contributed by atoms with Crippen molar-refractivity contribution in [2.75, 3.05) is 0 Å². The van der Waals surface area contributed by atoms with Gasteiger partial charge < -0.3 is 0 Å². The second-order valence-electron chi connectivity index (χ2n) is 4.73. The van der Waals surface area contributed by atoms with Gasteiger partial charge in [-0.15, -0.1) is 0 Å². The van der Waals surface area contributed by atoms with Gasteiger partial charge in [-0.2, -0.15) is 5.10 Å². The lowest BCUT2D eigenvalue weighted by Crippen LogP contribution is -2.33. The first kappa shape index (κ1) is 14.4. The van der Waals surface area contributed by atoms with Crippen LogP contribution in [-0.4, -0.2) is 23.2 Å². The third-order valence-corrected chi connectivity index (χ3v) is 5.08. The van der Waals surface area contributed by atoms with Gasteiger partial charge in [-0.25, -0.2) is 27.2 Å². The highest BCUT2D eigenvalue weighted by Gasteiger charge is 2.28. The van der Waals surface area contributed by atoms with Crippen LogP contribution in [0, 0.1) is 5.82 Å². The molecule has 112 valence electrons. The van der Waals surface area contributed by atoms with E-state index >= 15 is 0 Å². The summed E-state index contributed by atoms with van der Waals surface area (Å²) in [4.78, 5) is 4.01. The summed E-state index contributed by atoms with van der Waals surface area (Å²) in [6.07, 6.45) is 2.83. The van der Waals surface area contributed by atoms with Crippen molar-refractivity contribution in [3.8, 4) is 0 Å². The maximum absolute atomic E-state index is 13.1. The molecule has 1 aromatic heterocycles. The van der Waals surface area contributed by atoms with Gasteiger partial charge in [0.25, 0.3) is 0 Å². The molecule has 21 heavy (non-hydrogen) atoms. The van der Waals surface area contributed by atoms with Gasteiger partial charge in [0.2, 0.25) is 10.0 Å². The smallest absolute Gasteiger partial charge is 0.241 e. The van der Waals surface area contributed by atoms with Crippen molar-refractivity contribution in [1.29, 1.82) is 0 Å². The van der Waals surface area contributed by atoms with E-state index in [4.69, 9.17) is 11.6 Å². The van der Waals surface area contributed by atoms with Crippen LogP contribution < -0.4 is 4.72 Å². The van der Waals surface area contributed by atoms with Crippen molar-refractivity contribution in [2.24, 2.45) is 0 Å². The summed E-state index contributed by atoms with van der Waals surface area (Å²) in [5, 5.41) is 3.80. The summed E-state index contributed by atoms with van der Waals surface area (Å²) in [6.45, 7) is 0.718. The maximum Gasteiger partial charge on any atom is 0.241 e. The molecular formula is C12H12ClFN4O2S. The monoisotopic (exact) mass is 330 g/mol. The van der Waals surface area contributed by atoms with E-state index in [0.29, 0.717) is 12.2 Å². The van der Waals surface area contributed by atoms with Crippen LogP contribution in [0.4, 0.5) is 4.39 Å². The van der Waals surface area contributed by atoms with Gasteiger partial charge in [0.15, 0.2) is 0 Å². The lowest BCUT2D eigenvalue weighted by atomic mass is 10.1. The molecule has 0 unspecified atom stereocenters. The number of benzene rings is 1. The second kappa shape index (κ2) is 5.36. The van der Waals surface area contributed by atoms with E-state index in [1.165, 1.54) is 12.4 Å². The van der Waals surface area contributed by atoms with E-state index in [2.05, 4.69) is 14.8 Å². The largest absolute Gasteiger partial charge is 0.248 e. The van der Waals surface area contributed by atoms with Crippen LogP contribution >= 0.6 is 11.6 Å². The molecule has 1 aliphatic heterocycles. The van der Waals surface area contributed by atoms with E-state index in [9.17, 15) is 12.8 Å². The molecular weight excluding hydrogens is 319 g/mol. The van der Waals surface area contributed by atoms with Crippen molar-refractivity contribution >= 4 is 21.6 Å². The Balaban J connectivity index is 1.89. The van der Waals surface area contributed by atoms with E-state index in [1.54, 1.807) is 4.68 Å². The Kier molecular flexibility index (Phi) is 3.68. The number of halogens is 2. The zero-order valence-corrected chi connectivity index (χ0v) is 12.4. The summed E-state index contributed by atoms with van der Waals surface area (Å²) in [5.41, 5.74) is 0. The van der Waals surface area contributed by atoms with Crippen molar-refractivity contribution in [1.82, 2.24) is 19.5 Å². The number of aromatic nitrogens is 3. The number of hydrogen-bond donors (Lipinski definition) is 1. The number of fused-ring (bicyclic) bond motifs is 1. The number of aryl methyl sites for hydroxylation is 1. The van der Waals surface area contributed by atoms with Gasteiger partial charge in [-0.05, 0) is 31.0 Å². The summed E-state index contributed by atoms with van der Waals surface area (Å²) < 4.78 is 42.1. The molecule has 0 bridgehead atoms. The minimum Gasteiger partial charge on any atom is -0.248 e. The van der Waals surface area contributed by atoms with Gasteiger partial charge in [-0.3, -0.25) is 0 Å². The normalized spacial score (nSPS) is 18.5. The van der Waals surface area contributed by atoms with E-state index in [-0.39, 0.29) is 9.92 Å². The summed E-state index contributed by atoms with van der Waals surface area (Å²) >= 11 is 5.63. The van der Waals surface area contributed by atoms with Gasteiger partial charge in [0.05, 0.1) is 16.0 Å². The lowest BCUT2D eigenvalue weighted by Gasteiger charge is -2.23. The number of rotatable bonds is 3. The predicted octanol–water partition coefficient (Wildman–Crippen LogP) is 1.88. The molecule has 9 heteroatoms. The topological polar surface area (TPSA) is 76.9 Å². The van der Waals surface area contributed by atoms with E-state index < -0.39 is 21.9 Å². The Hall–Kier alpha value is -1.51. The van der Waals surface area contributed by atoms with Crippen LogP contribution in [0.2, 0.25) is 5.02 Å². The van der Waals surface area contributed by atoms with Crippen molar-refractivity contribution in [2.45, 2.75) is 30.3 Å². The zero-order valence-electron chi connectivity index (χ0n) is 10.8. The van der Waals surface area contributed by atoms with Gasteiger partial charge in [-0.1, -0.05) is 11.6 Å². The van der Waals surface area contributed by atoms with Crippen molar-refractivity contribution < 1.29 is 12.8 Å². The molecule has 6 nitrogen and oxygen atoms in total. The molecule has 0 amide bonds. The quantitative estimate of drug-likeness (QED) is 0.932. The number of nitrogens with one attached hydrogen (secondary N) is 1. The Morgan fingerprint density at radius 3 is 3.00 bits per heavy atom. The molecule has 1 aliphatic rings. The molecule has 1 atom stereocenters. The first-order chi connectivity index (χ1) is 9.97. The molecule has 0 saturated carbocycles. The standard InChI is InChI=1S/C12H12ClFN4O2S/c13-9-6-8(3-4-10(9)14)21(19,20)17-11-2-1-5-18-12(11)15-7-16-18/h3-4,6-7,11,17H,1-2,5H2/t11-/m0/s1. The average Bonchev–Trinajstić information content (AvgIpc) is 2.91. The van der Waals surface area contributed by atoms with Crippen LogP contribution in [0.1, 0.15) is 24.7 Å². The molecule has 0 spiro atoms. The van der Waals surface area contributed by atoms with Crippen LogP contribution in [0.25, 0.3) is 0 Å². The molecule has 1 aromatic carbocycles. The van der Waals surface area contributed by atoms with Crippen LogP contribution in [0.15, 0.2) is 29.4 Å². The van der Waals surface area contributed by atoms with Crippen molar-refractivity contribution in [3.05, 3.63) is 41.2 Å². The maximum atomic E-state index is 13.1. The van der Waals surface area contributed by atoms with Crippen LogP contribution in [0.3, 0.4) is 0 Å². The summed E-state index contributed by atoms with van der Waals surface area (Å²) in [7, 11) is -3.80. The molecule has 1 N–H and O–H groups in total. The zero-order chi connectivity index (χ0) is 15.0. The molecule has 0 radical (unpaired) electrons. The highest BCUT2D eigenvalue weighted by Crippen LogP contribution is 2.25. The lowest BCUT2D eigenvalue weighted by molar-refractivity contribution is 0.400. The molecule has 2 aromatic rings. The Bertz CT molecular complexity index is 777. The van der Waals surface area contributed by atoms with Gasteiger partial charge in [0.1, 0.15) is 18.0 Å². The first-order valence-corrected chi connectivity index (χ1v) is 8.18. The molecule has 2 heterocycles.